The highest BCUT2D eigenvalue weighted by molar-refractivity contribution is 6.34. The third-order valence-corrected chi connectivity index (χ3v) is 8.09. The van der Waals surface area contributed by atoms with Crippen LogP contribution in [-0.2, 0) is 4.79 Å². The van der Waals surface area contributed by atoms with Crippen LogP contribution in [-0.4, -0.2) is 62.1 Å². The summed E-state index contributed by atoms with van der Waals surface area (Å²) < 4.78 is 32.9. The highest BCUT2D eigenvalue weighted by Crippen LogP contribution is 2.39. The van der Waals surface area contributed by atoms with Crippen LogP contribution in [0.1, 0.15) is 44.9 Å². The smallest absolute Gasteiger partial charge is 0.387 e. The summed E-state index contributed by atoms with van der Waals surface area (Å²) in [5.41, 5.74) is 2.03. The topological polar surface area (TPSA) is 93.5 Å². The Hall–Kier alpha value is -4.38. The van der Waals surface area contributed by atoms with Crippen LogP contribution in [0.25, 0.3) is 28.0 Å². The molecule has 1 aliphatic heterocycles. The van der Waals surface area contributed by atoms with E-state index in [-0.39, 0.29) is 51.6 Å². The zero-order chi connectivity index (χ0) is 31.9. The van der Waals surface area contributed by atoms with E-state index in [9.17, 15) is 18.4 Å². The maximum atomic E-state index is 14.1. The van der Waals surface area contributed by atoms with Crippen LogP contribution < -0.4 is 15.3 Å². The van der Waals surface area contributed by atoms with Crippen LogP contribution in [0.2, 0.25) is 5.02 Å². The fraction of sp³-hybridized carbons (Fsp3) is 0.344. The van der Waals surface area contributed by atoms with Crippen molar-refractivity contribution in [3.05, 3.63) is 82.0 Å². The van der Waals surface area contributed by atoms with Gasteiger partial charge in [0.2, 0.25) is 5.91 Å². The van der Waals surface area contributed by atoms with Gasteiger partial charge in [-0.25, -0.2) is 14.3 Å². The first-order valence-corrected chi connectivity index (χ1v) is 14.6. The van der Waals surface area contributed by atoms with Crippen LogP contribution in [0.15, 0.2) is 60.0 Å². The Labute approximate surface area is 258 Å². The number of carbonyl (C=O) groups excluding carboxylic acids is 1. The summed E-state index contributed by atoms with van der Waals surface area (Å²) in [7, 11) is 0. The quantitative estimate of drug-likeness (QED) is 0.229. The first kappa shape index (κ1) is 31.1. The van der Waals surface area contributed by atoms with E-state index in [1.807, 2.05) is 39.5 Å². The number of hydrogen-bond donors (Lipinski definition) is 0. The maximum absolute atomic E-state index is 14.1. The van der Waals surface area contributed by atoms with Gasteiger partial charge in [0.15, 0.2) is 5.65 Å². The molecule has 0 unspecified atom stereocenters. The number of piperazine rings is 1. The molecule has 4 aromatic rings. The summed E-state index contributed by atoms with van der Waals surface area (Å²) in [4.78, 5) is 44.3. The second kappa shape index (κ2) is 12.3. The molecule has 0 aliphatic carbocycles. The van der Waals surface area contributed by atoms with Gasteiger partial charge in [0.25, 0.3) is 0 Å². The molecule has 4 heterocycles. The number of para-hydroxylation sites is 1. The van der Waals surface area contributed by atoms with Gasteiger partial charge in [-0.3, -0.25) is 9.78 Å². The number of amides is 1. The van der Waals surface area contributed by atoms with Crippen molar-refractivity contribution in [1.29, 1.82) is 0 Å². The van der Waals surface area contributed by atoms with Crippen molar-refractivity contribution >= 4 is 34.4 Å². The number of carbonyl (C=O) groups is 1. The Bertz CT molecular complexity index is 1810. The molecule has 230 valence electrons. The minimum absolute atomic E-state index is 0.0465. The monoisotopic (exact) mass is 622 g/mol. The van der Waals surface area contributed by atoms with E-state index in [1.54, 1.807) is 41.4 Å². The van der Waals surface area contributed by atoms with E-state index in [0.717, 1.165) is 5.56 Å². The number of pyridine rings is 2. The van der Waals surface area contributed by atoms with Crippen LogP contribution in [0, 0.1) is 6.92 Å². The van der Waals surface area contributed by atoms with Gasteiger partial charge in [-0.2, -0.15) is 13.8 Å². The Morgan fingerprint density at radius 1 is 1.14 bits per heavy atom. The van der Waals surface area contributed by atoms with Crippen LogP contribution >= 0.6 is 11.6 Å². The fourth-order valence-electron chi connectivity index (χ4n) is 5.71. The summed E-state index contributed by atoms with van der Waals surface area (Å²) in [6, 6.07) is 9.25. The molecule has 0 radical (unpaired) electrons. The molecule has 1 fully saturated rings. The molecule has 12 heteroatoms. The molecule has 9 nitrogen and oxygen atoms in total. The second-order valence-electron chi connectivity index (χ2n) is 11.2. The van der Waals surface area contributed by atoms with Crippen LogP contribution in [0.4, 0.5) is 14.6 Å². The lowest BCUT2D eigenvalue weighted by Crippen LogP contribution is -2.58. The van der Waals surface area contributed by atoms with Gasteiger partial charge >= 0.3 is 12.3 Å². The Morgan fingerprint density at radius 2 is 1.86 bits per heavy atom. The average molecular weight is 623 g/mol. The SMILES string of the molecule is C=CC(=O)N1C[C@H](C)N(c2nc(=O)n(-c3c(C)ccnc3C(C)C)c3nc(-c4ccccc4OC(F)F)c(Cl)cc23)C[C@H]1C. The Balaban J connectivity index is 1.82. The largest absolute Gasteiger partial charge is 0.434 e. The standard InChI is InChI=1S/C32H33ClF2N6O3/c1-7-25(42)39-15-20(6)40(16-19(39)5)29-22-14-23(33)27(21-10-8-9-11-24(21)44-31(34)35)37-30(22)41(32(43)38-29)28-18(4)12-13-36-26(28)17(2)3/h7-14,17,19-20,31H,1,15-16H2,2-6H3/t19-,20+/m1/s1. The minimum Gasteiger partial charge on any atom is -0.434 e. The molecule has 0 saturated carbocycles. The summed E-state index contributed by atoms with van der Waals surface area (Å²) in [5.74, 6) is 0.0293. The zero-order valence-corrected chi connectivity index (χ0v) is 25.8. The normalized spacial score (nSPS) is 17.0. The van der Waals surface area contributed by atoms with E-state index in [4.69, 9.17) is 21.3 Å². The van der Waals surface area contributed by atoms with Crippen molar-refractivity contribution < 1.29 is 18.3 Å². The molecule has 5 rings (SSSR count). The van der Waals surface area contributed by atoms with Crippen LogP contribution in [0.5, 0.6) is 5.75 Å². The molecule has 1 aromatic carbocycles. The number of ether oxygens (including phenoxy) is 1. The van der Waals surface area contributed by atoms with Gasteiger partial charge in [0.05, 0.1) is 27.5 Å². The number of halogens is 3. The first-order chi connectivity index (χ1) is 20.9. The van der Waals surface area contributed by atoms with E-state index in [1.165, 1.54) is 16.7 Å². The number of benzene rings is 1. The van der Waals surface area contributed by atoms with Crippen molar-refractivity contribution in [3.63, 3.8) is 0 Å². The lowest BCUT2D eigenvalue weighted by atomic mass is 10.0. The van der Waals surface area contributed by atoms with Gasteiger partial charge < -0.3 is 14.5 Å². The lowest BCUT2D eigenvalue weighted by molar-refractivity contribution is -0.128. The van der Waals surface area contributed by atoms with E-state index >= 15 is 0 Å². The van der Waals surface area contributed by atoms with Crippen molar-refractivity contribution in [3.8, 4) is 22.7 Å². The van der Waals surface area contributed by atoms with E-state index in [0.29, 0.717) is 35.7 Å². The third kappa shape index (κ3) is 5.63. The highest BCUT2D eigenvalue weighted by atomic mass is 35.5. The predicted molar refractivity (Wildman–Crippen MR) is 167 cm³/mol. The number of hydrogen-bond acceptors (Lipinski definition) is 7. The van der Waals surface area contributed by atoms with E-state index < -0.39 is 12.3 Å². The summed E-state index contributed by atoms with van der Waals surface area (Å²) in [6.07, 6.45) is 2.97. The minimum atomic E-state index is -3.06. The number of fused-ring (bicyclic) bond motifs is 1. The molecule has 3 aromatic heterocycles. The average Bonchev–Trinajstić information content (AvgIpc) is 2.97. The highest BCUT2D eigenvalue weighted by Gasteiger charge is 2.34. The van der Waals surface area contributed by atoms with Gasteiger partial charge in [-0.1, -0.05) is 44.2 Å². The van der Waals surface area contributed by atoms with Crippen molar-refractivity contribution in [2.24, 2.45) is 0 Å². The Morgan fingerprint density at radius 3 is 2.55 bits per heavy atom. The molecule has 2 atom stereocenters. The molecular weight excluding hydrogens is 590 g/mol. The molecule has 0 N–H and O–H groups in total. The van der Waals surface area contributed by atoms with Crippen LogP contribution in [0.3, 0.4) is 0 Å². The van der Waals surface area contributed by atoms with E-state index in [2.05, 4.69) is 16.5 Å². The van der Waals surface area contributed by atoms with Gasteiger partial charge in [-0.05, 0) is 62.6 Å². The molecule has 1 aliphatic rings. The molecule has 44 heavy (non-hydrogen) atoms. The number of nitrogens with zero attached hydrogens (tertiary/aromatic N) is 6. The second-order valence-corrected chi connectivity index (χ2v) is 11.6. The fourth-order valence-corrected chi connectivity index (χ4v) is 5.96. The summed E-state index contributed by atoms with van der Waals surface area (Å²) >= 11 is 6.84. The molecule has 0 bridgehead atoms. The van der Waals surface area contributed by atoms with Gasteiger partial charge in [0.1, 0.15) is 11.6 Å². The molecule has 0 spiro atoms. The predicted octanol–water partition coefficient (Wildman–Crippen LogP) is 6.14. The number of rotatable bonds is 7. The third-order valence-electron chi connectivity index (χ3n) is 7.80. The number of anilines is 1. The summed E-state index contributed by atoms with van der Waals surface area (Å²) in [5, 5.41) is 0.635. The van der Waals surface area contributed by atoms with Gasteiger partial charge in [-0.15, -0.1) is 0 Å². The maximum Gasteiger partial charge on any atom is 0.387 e. The number of aromatic nitrogens is 4. The number of aryl methyl sites for hydroxylation is 1. The lowest BCUT2D eigenvalue weighted by Gasteiger charge is -2.44. The molecule has 1 amide bonds. The number of alkyl halides is 2. The van der Waals surface area contributed by atoms with Crippen molar-refractivity contribution in [1.82, 2.24) is 24.4 Å². The zero-order valence-electron chi connectivity index (χ0n) is 25.1. The van der Waals surface area contributed by atoms with Crippen molar-refractivity contribution in [2.75, 3.05) is 18.0 Å². The van der Waals surface area contributed by atoms with Gasteiger partial charge in [0, 0.05) is 36.9 Å². The Kier molecular flexibility index (Phi) is 8.69. The van der Waals surface area contributed by atoms with Crippen molar-refractivity contribution in [2.45, 2.75) is 59.2 Å². The summed E-state index contributed by atoms with van der Waals surface area (Å²) in [6.45, 7) is 11.0. The molecule has 1 saturated heterocycles. The first-order valence-electron chi connectivity index (χ1n) is 14.3. The molecular formula is C32H33ClF2N6O3.